The second-order valence-corrected chi connectivity index (χ2v) is 5.17. The van der Waals surface area contributed by atoms with Crippen LogP contribution in [0.3, 0.4) is 0 Å². The average molecular weight is 290 g/mol. The standard InChI is InChI=1S/C14H12ClN3S/c15-11-1-2-13-12(9-11)17-14(19)18(13)8-5-10-3-6-16-7-4-10/h1-4,6-7,9H,5,8H2,(H,17,19). The molecule has 1 N–H and O–H groups in total. The number of H-pyrrole nitrogens is 1. The third kappa shape index (κ3) is 2.55. The molecule has 3 aromatic rings. The van der Waals surface area contributed by atoms with Gasteiger partial charge in [0.05, 0.1) is 11.0 Å². The molecule has 2 aromatic heterocycles. The van der Waals surface area contributed by atoms with Crippen LogP contribution < -0.4 is 0 Å². The first-order valence-corrected chi connectivity index (χ1v) is 6.79. The quantitative estimate of drug-likeness (QED) is 0.740. The first kappa shape index (κ1) is 12.4. The van der Waals surface area contributed by atoms with E-state index in [2.05, 4.69) is 14.5 Å². The van der Waals surface area contributed by atoms with Gasteiger partial charge in [0.15, 0.2) is 4.77 Å². The van der Waals surface area contributed by atoms with Crippen molar-refractivity contribution in [3.05, 3.63) is 58.1 Å². The smallest absolute Gasteiger partial charge is 0.178 e. The number of hydrogen-bond donors (Lipinski definition) is 1. The van der Waals surface area contributed by atoms with Gasteiger partial charge >= 0.3 is 0 Å². The Bertz CT molecular complexity index is 761. The Labute approximate surface area is 120 Å². The molecule has 0 saturated heterocycles. The fourth-order valence-electron chi connectivity index (χ4n) is 2.15. The number of aryl methyl sites for hydroxylation is 2. The number of aromatic amines is 1. The summed E-state index contributed by atoms with van der Waals surface area (Å²) in [6.07, 6.45) is 4.54. The molecule has 0 fully saturated rings. The fraction of sp³-hybridized carbons (Fsp3) is 0.143. The summed E-state index contributed by atoms with van der Waals surface area (Å²) in [7, 11) is 0. The molecule has 0 amide bonds. The van der Waals surface area contributed by atoms with E-state index in [1.165, 1.54) is 5.56 Å². The van der Waals surface area contributed by atoms with E-state index in [0.29, 0.717) is 5.02 Å². The summed E-state index contributed by atoms with van der Waals surface area (Å²) in [5.74, 6) is 0. The molecule has 0 radical (unpaired) electrons. The lowest BCUT2D eigenvalue weighted by Gasteiger charge is -2.04. The molecule has 0 atom stereocenters. The second-order valence-electron chi connectivity index (χ2n) is 4.35. The molecule has 0 spiro atoms. The van der Waals surface area contributed by atoms with Crippen LogP contribution in [-0.4, -0.2) is 14.5 Å². The summed E-state index contributed by atoms with van der Waals surface area (Å²) in [6.45, 7) is 0.838. The van der Waals surface area contributed by atoms with Gasteiger partial charge in [-0.15, -0.1) is 0 Å². The van der Waals surface area contributed by atoms with Crippen molar-refractivity contribution < 1.29 is 0 Å². The number of halogens is 1. The Balaban J connectivity index is 1.93. The number of benzene rings is 1. The lowest BCUT2D eigenvalue weighted by molar-refractivity contribution is 0.706. The number of rotatable bonds is 3. The summed E-state index contributed by atoms with van der Waals surface area (Å²) >= 11 is 11.3. The Morgan fingerprint density at radius 3 is 2.79 bits per heavy atom. The van der Waals surface area contributed by atoms with Crippen molar-refractivity contribution in [3.63, 3.8) is 0 Å². The van der Waals surface area contributed by atoms with Crippen molar-refractivity contribution in [2.24, 2.45) is 0 Å². The number of hydrogen-bond acceptors (Lipinski definition) is 2. The predicted molar refractivity (Wildman–Crippen MR) is 80.1 cm³/mol. The number of nitrogens with one attached hydrogen (secondary N) is 1. The van der Waals surface area contributed by atoms with Gasteiger partial charge < -0.3 is 9.55 Å². The molecule has 19 heavy (non-hydrogen) atoms. The molecule has 2 heterocycles. The minimum atomic E-state index is 0.713. The maximum atomic E-state index is 5.98. The molecule has 0 aliphatic carbocycles. The summed E-state index contributed by atoms with van der Waals surface area (Å²) in [6, 6.07) is 9.83. The van der Waals surface area contributed by atoms with Gasteiger partial charge in [-0.05, 0) is 54.5 Å². The Morgan fingerprint density at radius 2 is 2.00 bits per heavy atom. The third-order valence-corrected chi connectivity index (χ3v) is 3.67. The predicted octanol–water partition coefficient (Wildman–Crippen LogP) is 3.99. The summed E-state index contributed by atoms with van der Waals surface area (Å²) in [5.41, 5.74) is 3.32. The number of fused-ring (bicyclic) bond motifs is 1. The first-order chi connectivity index (χ1) is 9.24. The highest BCUT2D eigenvalue weighted by atomic mass is 35.5. The van der Waals surface area contributed by atoms with Gasteiger partial charge in [0.1, 0.15) is 0 Å². The Kier molecular flexibility index (Phi) is 3.36. The highest BCUT2D eigenvalue weighted by Gasteiger charge is 2.05. The lowest BCUT2D eigenvalue weighted by atomic mass is 10.2. The van der Waals surface area contributed by atoms with Gasteiger partial charge in [-0.25, -0.2) is 0 Å². The van der Waals surface area contributed by atoms with E-state index in [9.17, 15) is 0 Å². The van der Waals surface area contributed by atoms with E-state index in [1.54, 1.807) is 0 Å². The van der Waals surface area contributed by atoms with Crippen LogP contribution in [0.25, 0.3) is 11.0 Å². The maximum absolute atomic E-state index is 5.98. The molecule has 0 aliphatic heterocycles. The average Bonchev–Trinajstić information content (AvgIpc) is 2.72. The summed E-state index contributed by atoms with van der Waals surface area (Å²) in [4.78, 5) is 7.20. The molecular weight excluding hydrogens is 278 g/mol. The van der Waals surface area contributed by atoms with Crippen molar-refractivity contribution in [3.8, 4) is 0 Å². The highest BCUT2D eigenvalue weighted by Crippen LogP contribution is 2.19. The third-order valence-electron chi connectivity index (χ3n) is 3.11. The molecular formula is C14H12ClN3S. The SMILES string of the molecule is S=c1[nH]c2cc(Cl)ccc2n1CCc1ccncc1. The van der Waals surface area contributed by atoms with E-state index in [0.717, 1.165) is 28.8 Å². The lowest BCUT2D eigenvalue weighted by Crippen LogP contribution is -2.01. The number of aromatic nitrogens is 3. The normalized spacial score (nSPS) is 11.0. The first-order valence-electron chi connectivity index (χ1n) is 6.01. The topological polar surface area (TPSA) is 33.6 Å². The molecule has 0 bridgehead atoms. The molecule has 96 valence electrons. The Hall–Kier alpha value is -1.65. The molecule has 3 nitrogen and oxygen atoms in total. The molecule has 0 unspecified atom stereocenters. The van der Waals surface area contributed by atoms with Gasteiger partial charge in [-0.1, -0.05) is 11.6 Å². The number of nitrogens with zero attached hydrogens (tertiary/aromatic N) is 2. The van der Waals surface area contributed by atoms with E-state index in [4.69, 9.17) is 23.8 Å². The van der Waals surface area contributed by atoms with Crippen molar-refractivity contribution >= 4 is 34.9 Å². The maximum Gasteiger partial charge on any atom is 0.178 e. The van der Waals surface area contributed by atoms with Crippen LogP contribution in [0.1, 0.15) is 5.56 Å². The minimum Gasteiger partial charge on any atom is -0.331 e. The van der Waals surface area contributed by atoms with Gasteiger partial charge in [0.25, 0.3) is 0 Å². The highest BCUT2D eigenvalue weighted by molar-refractivity contribution is 7.71. The molecule has 1 aromatic carbocycles. The van der Waals surface area contributed by atoms with Crippen LogP contribution in [0.2, 0.25) is 5.02 Å². The van der Waals surface area contributed by atoms with Crippen LogP contribution in [0, 0.1) is 4.77 Å². The van der Waals surface area contributed by atoms with Crippen molar-refractivity contribution in [1.82, 2.24) is 14.5 Å². The number of pyridine rings is 1. The van der Waals surface area contributed by atoms with Crippen LogP contribution in [0.15, 0.2) is 42.7 Å². The minimum absolute atomic E-state index is 0.713. The summed E-state index contributed by atoms with van der Waals surface area (Å²) < 4.78 is 2.83. The van der Waals surface area contributed by atoms with E-state index in [1.807, 2.05) is 42.7 Å². The van der Waals surface area contributed by atoms with Crippen molar-refractivity contribution in [2.45, 2.75) is 13.0 Å². The Morgan fingerprint density at radius 1 is 1.21 bits per heavy atom. The monoisotopic (exact) mass is 289 g/mol. The van der Waals surface area contributed by atoms with Gasteiger partial charge in [0.2, 0.25) is 0 Å². The van der Waals surface area contributed by atoms with Crippen LogP contribution >= 0.6 is 23.8 Å². The van der Waals surface area contributed by atoms with Crippen molar-refractivity contribution in [1.29, 1.82) is 0 Å². The zero-order valence-electron chi connectivity index (χ0n) is 10.1. The zero-order valence-corrected chi connectivity index (χ0v) is 11.7. The van der Waals surface area contributed by atoms with E-state index in [-0.39, 0.29) is 0 Å². The van der Waals surface area contributed by atoms with Crippen LogP contribution in [0.5, 0.6) is 0 Å². The molecule has 5 heteroatoms. The fourth-order valence-corrected chi connectivity index (χ4v) is 2.62. The molecule has 0 saturated carbocycles. The van der Waals surface area contributed by atoms with Crippen LogP contribution in [-0.2, 0) is 13.0 Å². The second kappa shape index (κ2) is 5.15. The molecule has 3 rings (SSSR count). The van der Waals surface area contributed by atoms with E-state index >= 15 is 0 Å². The van der Waals surface area contributed by atoms with Gasteiger partial charge in [-0.3, -0.25) is 4.98 Å². The van der Waals surface area contributed by atoms with Gasteiger partial charge in [0, 0.05) is 24.0 Å². The number of imidazole rings is 1. The van der Waals surface area contributed by atoms with E-state index < -0.39 is 0 Å². The van der Waals surface area contributed by atoms with Crippen LogP contribution in [0.4, 0.5) is 0 Å². The van der Waals surface area contributed by atoms with Crippen molar-refractivity contribution in [2.75, 3.05) is 0 Å². The molecule has 0 aliphatic rings. The largest absolute Gasteiger partial charge is 0.331 e. The summed E-state index contributed by atoms with van der Waals surface area (Å²) in [5, 5.41) is 0.713. The van der Waals surface area contributed by atoms with Gasteiger partial charge in [-0.2, -0.15) is 0 Å². The zero-order chi connectivity index (χ0) is 13.2.